The van der Waals surface area contributed by atoms with Crippen LogP contribution in [0, 0.1) is 0 Å². The van der Waals surface area contributed by atoms with Crippen molar-refractivity contribution in [3.8, 4) is 0 Å². The van der Waals surface area contributed by atoms with Crippen LogP contribution in [0.3, 0.4) is 0 Å². The summed E-state index contributed by atoms with van der Waals surface area (Å²) >= 11 is 0. The second kappa shape index (κ2) is 6.81. The van der Waals surface area contributed by atoms with E-state index in [1.54, 1.807) is 11.9 Å². The first-order valence-electron chi connectivity index (χ1n) is 8.57. The van der Waals surface area contributed by atoms with Gasteiger partial charge >= 0.3 is 6.03 Å². The maximum absolute atomic E-state index is 12.7. The van der Waals surface area contributed by atoms with Crippen molar-refractivity contribution in [2.24, 2.45) is 0 Å². The minimum absolute atomic E-state index is 0.0109. The fourth-order valence-electron chi connectivity index (χ4n) is 3.15. The molecule has 0 N–H and O–H groups in total. The molecular weight excluding hydrogens is 326 g/mol. The molecule has 1 unspecified atom stereocenters. The molecular formula is C16H23N5O4. The van der Waals surface area contributed by atoms with E-state index in [2.05, 4.69) is 10.1 Å². The Balaban J connectivity index is 1.75. The molecule has 1 aromatic heterocycles. The van der Waals surface area contributed by atoms with E-state index in [1.165, 1.54) is 4.90 Å². The highest BCUT2D eigenvalue weighted by molar-refractivity contribution is 6.04. The maximum atomic E-state index is 12.7. The van der Waals surface area contributed by atoms with Crippen molar-refractivity contribution in [2.45, 2.75) is 45.1 Å². The summed E-state index contributed by atoms with van der Waals surface area (Å²) in [5.41, 5.74) is 0. The van der Waals surface area contributed by atoms with Gasteiger partial charge in [0, 0.05) is 19.5 Å². The zero-order valence-corrected chi connectivity index (χ0v) is 14.8. The van der Waals surface area contributed by atoms with E-state index in [0.29, 0.717) is 18.3 Å². The summed E-state index contributed by atoms with van der Waals surface area (Å²) in [5, 5.41) is 3.97. The molecule has 9 heteroatoms. The summed E-state index contributed by atoms with van der Waals surface area (Å²) in [7, 11) is 1.54. The number of rotatable bonds is 4. The van der Waals surface area contributed by atoms with E-state index in [4.69, 9.17) is 4.52 Å². The number of carbonyl (C=O) groups excluding carboxylic acids is 3. The molecule has 2 aliphatic heterocycles. The van der Waals surface area contributed by atoms with Gasteiger partial charge in [-0.2, -0.15) is 4.98 Å². The third kappa shape index (κ3) is 3.35. The number of nitrogens with zero attached hydrogens (tertiary/aromatic N) is 5. The van der Waals surface area contributed by atoms with Gasteiger partial charge in [0.25, 0.3) is 5.91 Å². The summed E-state index contributed by atoms with van der Waals surface area (Å²) in [5.74, 6) is 0.549. The average molecular weight is 349 g/mol. The van der Waals surface area contributed by atoms with Gasteiger partial charge in [0.15, 0.2) is 5.82 Å². The third-order valence-corrected chi connectivity index (χ3v) is 4.61. The molecule has 1 atom stereocenters. The van der Waals surface area contributed by atoms with Gasteiger partial charge in [0.05, 0.1) is 0 Å². The highest BCUT2D eigenvalue weighted by Gasteiger charge is 2.38. The number of hydrogen-bond acceptors (Lipinski definition) is 6. The largest absolute Gasteiger partial charge is 0.337 e. The van der Waals surface area contributed by atoms with Gasteiger partial charge in [-0.25, -0.2) is 4.79 Å². The minimum Gasteiger partial charge on any atom is -0.337 e. The minimum atomic E-state index is -0.438. The van der Waals surface area contributed by atoms with Crippen LogP contribution in [0.1, 0.15) is 56.8 Å². The smallest absolute Gasteiger partial charge is 0.327 e. The lowest BCUT2D eigenvalue weighted by Crippen LogP contribution is -2.46. The molecule has 0 radical (unpaired) electrons. The van der Waals surface area contributed by atoms with E-state index >= 15 is 0 Å². The van der Waals surface area contributed by atoms with Gasteiger partial charge in [-0.05, 0) is 19.3 Å². The highest BCUT2D eigenvalue weighted by atomic mass is 16.5. The number of urea groups is 1. The van der Waals surface area contributed by atoms with Crippen LogP contribution in [0.15, 0.2) is 4.52 Å². The van der Waals surface area contributed by atoms with Gasteiger partial charge in [-0.15, -0.1) is 0 Å². The second-order valence-corrected chi connectivity index (χ2v) is 6.86. The Morgan fingerprint density at radius 1 is 1.32 bits per heavy atom. The van der Waals surface area contributed by atoms with Crippen molar-refractivity contribution >= 4 is 17.8 Å². The first-order chi connectivity index (χ1) is 11.9. The Hall–Kier alpha value is -2.45. The van der Waals surface area contributed by atoms with Crippen molar-refractivity contribution in [3.63, 3.8) is 0 Å². The number of piperidine rings is 1. The monoisotopic (exact) mass is 349 g/mol. The highest BCUT2D eigenvalue weighted by Crippen LogP contribution is 2.31. The molecule has 4 amide bonds. The Kier molecular flexibility index (Phi) is 4.73. The fourth-order valence-corrected chi connectivity index (χ4v) is 3.15. The average Bonchev–Trinajstić information content (AvgIpc) is 3.16. The van der Waals surface area contributed by atoms with Crippen LogP contribution in [0.25, 0.3) is 0 Å². The lowest BCUT2D eigenvalue weighted by atomic mass is 10.0. The second-order valence-electron chi connectivity index (χ2n) is 6.86. The van der Waals surface area contributed by atoms with E-state index in [0.717, 1.165) is 24.2 Å². The normalized spacial score (nSPS) is 21.6. The van der Waals surface area contributed by atoms with Crippen molar-refractivity contribution < 1.29 is 18.9 Å². The Morgan fingerprint density at radius 3 is 2.68 bits per heavy atom. The number of likely N-dealkylation sites (N-methyl/N-ethyl adjacent to an activating group) is 1. The summed E-state index contributed by atoms with van der Waals surface area (Å²) in [6, 6.07) is -0.737. The first kappa shape index (κ1) is 17.4. The van der Waals surface area contributed by atoms with Gasteiger partial charge in [-0.3, -0.25) is 14.5 Å². The lowest BCUT2D eigenvalue weighted by Gasteiger charge is -2.34. The zero-order chi connectivity index (χ0) is 18.1. The Labute approximate surface area is 145 Å². The van der Waals surface area contributed by atoms with Crippen LogP contribution in [0.2, 0.25) is 0 Å². The molecule has 0 saturated carbocycles. The number of aromatic nitrogens is 2. The standard InChI is InChI=1S/C16H23N5O4/c1-10(2)14-17-15(25-18-14)11-6-4-5-7-20(11)13(23)9-21-12(22)8-19(3)16(21)24/h10-11H,4-9H2,1-3H3. The van der Waals surface area contributed by atoms with Gasteiger partial charge in [0.1, 0.15) is 19.1 Å². The molecule has 2 aliphatic rings. The fraction of sp³-hybridized carbons (Fsp3) is 0.688. The Morgan fingerprint density at radius 2 is 2.08 bits per heavy atom. The first-order valence-corrected chi connectivity index (χ1v) is 8.57. The van der Waals surface area contributed by atoms with Crippen LogP contribution in [0.5, 0.6) is 0 Å². The van der Waals surface area contributed by atoms with Crippen LogP contribution < -0.4 is 0 Å². The van der Waals surface area contributed by atoms with E-state index < -0.39 is 6.03 Å². The summed E-state index contributed by atoms with van der Waals surface area (Å²) < 4.78 is 5.36. The van der Waals surface area contributed by atoms with Gasteiger partial charge in [-0.1, -0.05) is 19.0 Å². The van der Waals surface area contributed by atoms with Crippen LogP contribution >= 0.6 is 0 Å². The number of amides is 4. The quantitative estimate of drug-likeness (QED) is 0.756. The molecule has 2 saturated heterocycles. The summed E-state index contributed by atoms with van der Waals surface area (Å²) in [6.45, 7) is 4.26. The van der Waals surface area contributed by atoms with Crippen LogP contribution in [0.4, 0.5) is 4.79 Å². The summed E-state index contributed by atoms with van der Waals surface area (Å²) in [6.07, 6.45) is 2.56. The number of likely N-dealkylation sites (tertiary alicyclic amines) is 1. The molecule has 0 spiro atoms. The topological polar surface area (TPSA) is 99.9 Å². The molecule has 0 aliphatic carbocycles. The molecule has 3 heterocycles. The predicted octanol–water partition coefficient (Wildman–Crippen LogP) is 1.14. The van der Waals surface area contributed by atoms with Crippen LogP contribution in [-0.4, -0.2) is 69.4 Å². The zero-order valence-electron chi connectivity index (χ0n) is 14.8. The number of hydrogen-bond donors (Lipinski definition) is 0. The molecule has 0 bridgehead atoms. The predicted molar refractivity (Wildman–Crippen MR) is 86.4 cm³/mol. The molecule has 0 aromatic carbocycles. The van der Waals surface area contributed by atoms with E-state index in [9.17, 15) is 14.4 Å². The van der Waals surface area contributed by atoms with Crippen molar-refractivity contribution in [2.75, 3.05) is 26.7 Å². The molecule has 2 fully saturated rings. The van der Waals surface area contributed by atoms with E-state index in [-0.39, 0.29) is 36.9 Å². The lowest BCUT2D eigenvalue weighted by molar-refractivity contribution is -0.139. The molecule has 3 rings (SSSR count). The van der Waals surface area contributed by atoms with Gasteiger partial charge in [0.2, 0.25) is 11.8 Å². The molecule has 136 valence electrons. The number of imide groups is 1. The van der Waals surface area contributed by atoms with Crippen molar-refractivity contribution in [1.29, 1.82) is 0 Å². The molecule has 25 heavy (non-hydrogen) atoms. The van der Waals surface area contributed by atoms with E-state index in [1.807, 2.05) is 13.8 Å². The molecule has 1 aromatic rings. The third-order valence-electron chi connectivity index (χ3n) is 4.61. The van der Waals surface area contributed by atoms with Crippen molar-refractivity contribution in [3.05, 3.63) is 11.7 Å². The van der Waals surface area contributed by atoms with Crippen LogP contribution in [-0.2, 0) is 9.59 Å². The Bertz CT molecular complexity index is 686. The number of carbonyl (C=O) groups is 3. The maximum Gasteiger partial charge on any atom is 0.327 e. The van der Waals surface area contributed by atoms with Gasteiger partial charge < -0.3 is 14.3 Å². The summed E-state index contributed by atoms with van der Waals surface area (Å²) in [4.78, 5) is 45.0. The molecule has 9 nitrogen and oxygen atoms in total. The van der Waals surface area contributed by atoms with Crippen molar-refractivity contribution in [1.82, 2.24) is 24.8 Å². The SMILES string of the molecule is CC(C)c1noc(C2CCCCN2C(=O)CN2C(=O)CN(C)C2=O)n1.